The fourth-order valence-electron chi connectivity index (χ4n) is 5.85. The van der Waals surface area contributed by atoms with Crippen LogP contribution in [0.25, 0.3) is 0 Å². The number of hydrogen-bond acceptors (Lipinski definition) is 9. The number of nitrogens with zero attached hydrogens (tertiary/aromatic N) is 2. The van der Waals surface area contributed by atoms with Gasteiger partial charge in [0.2, 0.25) is 11.8 Å². The number of nitrogens with one attached hydrogen (secondary N) is 4. The van der Waals surface area contributed by atoms with Crippen molar-refractivity contribution < 1.29 is 38.4 Å². The van der Waals surface area contributed by atoms with Crippen LogP contribution in [0.4, 0.5) is 11.4 Å². The molecule has 1 saturated heterocycles. The topological polar surface area (TPSA) is 191 Å². The van der Waals surface area contributed by atoms with Crippen LogP contribution in [0.1, 0.15) is 73.3 Å². The molecule has 0 spiro atoms. The van der Waals surface area contributed by atoms with E-state index in [-0.39, 0.29) is 46.2 Å². The highest BCUT2D eigenvalue weighted by Crippen LogP contribution is 2.22. The summed E-state index contributed by atoms with van der Waals surface area (Å²) in [6.07, 6.45) is 1.91. The second-order valence-corrected chi connectivity index (χ2v) is 12.8. The molecule has 0 bridgehead atoms. The quantitative estimate of drug-likeness (QED) is 0.140. The minimum absolute atomic E-state index is 0.143. The molecular weight excluding hydrogens is 692 g/mol. The SMILES string of the molecule is CN1C(=O)c2ccc(C=O)cc2C1=O.CNc1ccc(CC2NC(=O)C(Cc3ccc(NC(=O)c4ccc(C=O)c(C(=O)N(C)C)c4)cc3)NC2=O)cc1. The van der Waals surface area contributed by atoms with Crippen LogP contribution in [0, 0.1) is 0 Å². The van der Waals surface area contributed by atoms with Crippen LogP contribution in [0.15, 0.2) is 84.9 Å². The Labute approximate surface area is 310 Å². The molecule has 6 rings (SSSR count). The molecular formula is C40H38N6O8. The number of piperazine rings is 1. The molecule has 2 unspecified atom stereocenters. The average molecular weight is 731 g/mol. The lowest BCUT2D eigenvalue weighted by Gasteiger charge is -2.29. The Morgan fingerprint density at radius 1 is 0.722 bits per heavy atom. The van der Waals surface area contributed by atoms with Gasteiger partial charge < -0.3 is 26.2 Å². The van der Waals surface area contributed by atoms with E-state index >= 15 is 0 Å². The number of fused-ring (bicyclic) bond motifs is 1. The predicted molar refractivity (Wildman–Crippen MR) is 200 cm³/mol. The molecule has 2 heterocycles. The summed E-state index contributed by atoms with van der Waals surface area (Å²) in [5, 5.41) is 11.5. The maximum absolute atomic E-state index is 12.8. The van der Waals surface area contributed by atoms with Gasteiger partial charge in [0.1, 0.15) is 18.4 Å². The standard InChI is InChI=1S/C30H31N5O5.C10H7NO3/c1-31-22-10-4-18(5-11-22)14-25-28(38)34-26(29(39)33-25)15-19-6-12-23(13-7-19)32-27(37)20-8-9-21(17-36)24(16-20)30(40)35(2)3;1-11-9(13)7-3-2-6(5-12)4-8(7)10(11)14/h4-13,16-17,25-26,31H,14-15H2,1-3H3,(H,32,37)(H,33,39)(H,34,38);2-5H,1H3. The molecule has 4 N–H and O–H groups in total. The Balaban J connectivity index is 0.000000333. The van der Waals surface area contributed by atoms with Gasteiger partial charge in [-0.2, -0.15) is 0 Å². The van der Waals surface area contributed by atoms with Gasteiger partial charge in [0.05, 0.1) is 16.7 Å². The van der Waals surface area contributed by atoms with E-state index in [0.717, 1.165) is 21.7 Å². The van der Waals surface area contributed by atoms with Gasteiger partial charge in [-0.05, 0) is 59.7 Å². The third-order valence-corrected chi connectivity index (χ3v) is 8.93. The van der Waals surface area contributed by atoms with Crippen LogP contribution < -0.4 is 21.3 Å². The molecule has 1 fully saturated rings. The van der Waals surface area contributed by atoms with Gasteiger partial charge in [0.15, 0.2) is 6.29 Å². The number of hydrogen-bond donors (Lipinski definition) is 4. The van der Waals surface area contributed by atoms with E-state index < -0.39 is 18.0 Å². The van der Waals surface area contributed by atoms with Crippen molar-refractivity contribution in [3.8, 4) is 0 Å². The van der Waals surface area contributed by atoms with Crippen molar-refractivity contribution in [2.24, 2.45) is 0 Å². The second kappa shape index (κ2) is 16.6. The summed E-state index contributed by atoms with van der Waals surface area (Å²) in [6.45, 7) is 0. The largest absolute Gasteiger partial charge is 0.388 e. The van der Waals surface area contributed by atoms with E-state index in [9.17, 15) is 38.4 Å². The summed E-state index contributed by atoms with van der Waals surface area (Å²) in [5.74, 6) is -1.98. The number of benzene rings is 4. The van der Waals surface area contributed by atoms with E-state index in [1.807, 2.05) is 31.3 Å². The lowest BCUT2D eigenvalue weighted by Crippen LogP contribution is -2.62. The van der Waals surface area contributed by atoms with Gasteiger partial charge in [-0.25, -0.2) is 0 Å². The molecule has 4 aromatic carbocycles. The maximum atomic E-state index is 12.8. The van der Waals surface area contributed by atoms with Gasteiger partial charge in [-0.3, -0.25) is 43.3 Å². The first-order valence-corrected chi connectivity index (χ1v) is 16.8. The zero-order valence-corrected chi connectivity index (χ0v) is 30.0. The lowest BCUT2D eigenvalue weighted by molar-refractivity contribution is -0.136. The third kappa shape index (κ3) is 8.56. The summed E-state index contributed by atoms with van der Waals surface area (Å²) < 4.78 is 0. The molecule has 4 aromatic rings. The highest BCUT2D eigenvalue weighted by Gasteiger charge is 2.34. The maximum Gasteiger partial charge on any atom is 0.261 e. The molecule has 6 amide bonds. The van der Waals surface area contributed by atoms with Crippen molar-refractivity contribution in [2.75, 3.05) is 38.8 Å². The molecule has 0 aromatic heterocycles. The number of carbonyl (C=O) groups is 8. The van der Waals surface area contributed by atoms with Gasteiger partial charge >= 0.3 is 0 Å². The molecule has 0 saturated carbocycles. The fraction of sp³-hybridized carbons (Fsp3) is 0.200. The van der Waals surface area contributed by atoms with Gasteiger partial charge in [-0.1, -0.05) is 36.4 Å². The third-order valence-electron chi connectivity index (χ3n) is 8.93. The molecule has 0 radical (unpaired) electrons. The first-order valence-electron chi connectivity index (χ1n) is 16.8. The van der Waals surface area contributed by atoms with Crippen LogP contribution in [-0.4, -0.2) is 98.1 Å². The van der Waals surface area contributed by atoms with E-state index in [1.165, 1.54) is 48.3 Å². The lowest BCUT2D eigenvalue weighted by atomic mass is 9.98. The van der Waals surface area contributed by atoms with Crippen molar-refractivity contribution in [1.29, 1.82) is 0 Å². The second-order valence-electron chi connectivity index (χ2n) is 12.8. The fourth-order valence-corrected chi connectivity index (χ4v) is 5.85. The molecule has 0 aliphatic carbocycles. The summed E-state index contributed by atoms with van der Waals surface area (Å²) in [4.78, 5) is 97.7. The predicted octanol–water partition coefficient (Wildman–Crippen LogP) is 2.99. The minimum atomic E-state index is -0.708. The van der Waals surface area contributed by atoms with Gasteiger partial charge in [0.25, 0.3) is 23.6 Å². The zero-order valence-electron chi connectivity index (χ0n) is 30.0. The van der Waals surface area contributed by atoms with Crippen molar-refractivity contribution in [1.82, 2.24) is 20.4 Å². The van der Waals surface area contributed by atoms with Gasteiger partial charge in [-0.15, -0.1) is 0 Å². The minimum Gasteiger partial charge on any atom is -0.388 e. The first-order chi connectivity index (χ1) is 25.8. The van der Waals surface area contributed by atoms with E-state index in [1.54, 1.807) is 38.4 Å². The average Bonchev–Trinajstić information content (AvgIpc) is 3.40. The number of amides is 6. The molecule has 54 heavy (non-hydrogen) atoms. The van der Waals surface area contributed by atoms with E-state index in [0.29, 0.717) is 47.8 Å². The zero-order chi connectivity index (χ0) is 39.1. The monoisotopic (exact) mass is 730 g/mol. The highest BCUT2D eigenvalue weighted by molar-refractivity contribution is 6.21. The van der Waals surface area contributed by atoms with Crippen molar-refractivity contribution in [3.63, 3.8) is 0 Å². The first kappa shape index (κ1) is 38.3. The number of anilines is 2. The van der Waals surface area contributed by atoms with Crippen LogP contribution >= 0.6 is 0 Å². The normalized spacial score (nSPS) is 15.9. The molecule has 14 heteroatoms. The molecule has 14 nitrogen and oxygen atoms in total. The van der Waals surface area contributed by atoms with Gasteiger partial charge in [0, 0.05) is 69.1 Å². The Morgan fingerprint density at radius 3 is 1.80 bits per heavy atom. The Kier molecular flexibility index (Phi) is 11.8. The number of aldehydes is 2. The van der Waals surface area contributed by atoms with Crippen LogP contribution in [-0.2, 0) is 22.4 Å². The summed E-state index contributed by atoms with van der Waals surface area (Å²) in [7, 11) is 6.38. The highest BCUT2D eigenvalue weighted by atomic mass is 16.2. The van der Waals surface area contributed by atoms with E-state index in [4.69, 9.17) is 0 Å². The molecule has 2 aliphatic heterocycles. The number of imide groups is 1. The van der Waals surface area contributed by atoms with E-state index in [2.05, 4.69) is 21.3 Å². The van der Waals surface area contributed by atoms with Crippen molar-refractivity contribution in [3.05, 3.63) is 129 Å². The number of carbonyl (C=O) groups excluding carboxylic acids is 8. The molecule has 2 aliphatic rings. The van der Waals surface area contributed by atoms with Crippen LogP contribution in [0.5, 0.6) is 0 Å². The summed E-state index contributed by atoms with van der Waals surface area (Å²) >= 11 is 0. The van der Waals surface area contributed by atoms with Crippen molar-refractivity contribution in [2.45, 2.75) is 24.9 Å². The Bertz CT molecular complexity index is 2150. The Hall–Kier alpha value is -6.96. The molecule has 2 atom stereocenters. The summed E-state index contributed by atoms with van der Waals surface area (Å²) in [5.41, 5.74) is 4.86. The smallest absolute Gasteiger partial charge is 0.261 e. The van der Waals surface area contributed by atoms with Crippen LogP contribution in [0.2, 0.25) is 0 Å². The Morgan fingerprint density at radius 2 is 1.28 bits per heavy atom. The molecule has 276 valence electrons. The van der Waals surface area contributed by atoms with Crippen LogP contribution in [0.3, 0.4) is 0 Å². The van der Waals surface area contributed by atoms with Crippen molar-refractivity contribution >= 4 is 59.4 Å². The number of rotatable bonds is 10. The summed E-state index contributed by atoms with van der Waals surface area (Å²) in [6, 6.07) is 22.0.